The maximum Gasteiger partial charge on any atom is 0.300 e. The molecule has 0 aliphatic carbocycles. The van der Waals surface area contributed by atoms with Gasteiger partial charge in [0.05, 0.1) is 43.2 Å². The summed E-state index contributed by atoms with van der Waals surface area (Å²) >= 11 is 6.30. The summed E-state index contributed by atoms with van der Waals surface area (Å²) in [5, 5.41) is 11.4. The fourth-order valence-electron chi connectivity index (χ4n) is 4.16. The number of aliphatic hydroxyl groups excluding tert-OH is 1. The Hall–Kier alpha value is -4.11. The Morgan fingerprint density at radius 1 is 1.00 bits per heavy atom. The van der Waals surface area contributed by atoms with Crippen molar-refractivity contribution in [2.75, 3.05) is 25.7 Å². The second-order valence-corrected chi connectivity index (χ2v) is 8.36. The van der Waals surface area contributed by atoms with E-state index >= 15 is 0 Å². The van der Waals surface area contributed by atoms with Crippen LogP contribution in [0.25, 0.3) is 5.76 Å². The first-order valence-electron chi connectivity index (χ1n) is 11.1. The summed E-state index contributed by atoms with van der Waals surface area (Å²) in [5.74, 6) is -3.66. The molecule has 1 aliphatic rings. The summed E-state index contributed by atoms with van der Waals surface area (Å²) in [6.07, 6.45) is 0. The third-order valence-corrected chi connectivity index (χ3v) is 6.17. The summed E-state index contributed by atoms with van der Waals surface area (Å²) in [4.78, 5) is 27.4. The van der Waals surface area contributed by atoms with Gasteiger partial charge in [0, 0.05) is 11.6 Å². The van der Waals surface area contributed by atoms with E-state index in [4.69, 9.17) is 25.8 Å². The van der Waals surface area contributed by atoms with Crippen LogP contribution in [0.4, 0.5) is 14.5 Å². The minimum atomic E-state index is -1.36. The highest BCUT2D eigenvalue weighted by molar-refractivity contribution is 6.52. The zero-order valence-corrected chi connectivity index (χ0v) is 20.8. The lowest BCUT2D eigenvalue weighted by Crippen LogP contribution is -2.30. The van der Waals surface area contributed by atoms with Gasteiger partial charge in [0.2, 0.25) is 0 Å². The molecule has 3 aromatic rings. The Bertz CT molecular complexity index is 1420. The molecule has 1 saturated heterocycles. The second kappa shape index (κ2) is 10.5. The third kappa shape index (κ3) is 4.70. The number of amides is 1. The van der Waals surface area contributed by atoms with E-state index in [1.54, 1.807) is 19.1 Å². The number of anilines is 1. The monoisotopic (exact) mass is 529 g/mol. The van der Waals surface area contributed by atoms with Crippen LogP contribution in [-0.4, -0.2) is 37.6 Å². The molecule has 0 spiro atoms. The number of benzene rings is 3. The number of ether oxygens (including phenoxy) is 3. The standard InChI is InChI=1S/C27H22ClF2NO6/c1-4-37-22-11-14(5-10-21(22)36-3)24-23(25(32)17-13-16(35-2)7-8-18(17)28)26(33)27(34)31(24)20-12-15(29)6-9-19(20)30/h5-13,24,32H,4H2,1-3H3/b25-23+. The first-order valence-corrected chi connectivity index (χ1v) is 11.5. The van der Waals surface area contributed by atoms with E-state index < -0.39 is 40.8 Å². The van der Waals surface area contributed by atoms with Gasteiger partial charge >= 0.3 is 0 Å². The van der Waals surface area contributed by atoms with Crippen LogP contribution in [0.5, 0.6) is 17.2 Å². The fourth-order valence-corrected chi connectivity index (χ4v) is 4.36. The number of methoxy groups -OCH3 is 2. The molecule has 0 radical (unpaired) electrons. The minimum absolute atomic E-state index is 0.0160. The average Bonchev–Trinajstić information content (AvgIpc) is 3.15. The van der Waals surface area contributed by atoms with E-state index in [9.17, 15) is 23.5 Å². The van der Waals surface area contributed by atoms with E-state index in [0.29, 0.717) is 11.5 Å². The summed E-state index contributed by atoms with van der Waals surface area (Å²) in [6.45, 7) is 2.03. The average molecular weight is 530 g/mol. The first kappa shape index (κ1) is 26.0. The lowest BCUT2D eigenvalue weighted by Gasteiger charge is -2.26. The Balaban J connectivity index is 2.03. The lowest BCUT2D eigenvalue weighted by molar-refractivity contribution is -0.132. The molecular weight excluding hydrogens is 508 g/mol. The van der Waals surface area contributed by atoms with Gasteiger partial charge in [-0.25, -0.2) is 8.78 Å². The molecule has 1 heterocycles. The van der Waals surface area contributed by atoms with E-state index in [0.717, 1.165) is 23.1 Å². The van der Waals surface area contributed by atoms with E-state index in [1.165, 1.54) is 38.5 Å². The van der Waals surface area contributed by atoms with Crippen LogP contribution in [0.15, 0.2) is 60.2 Å². The van der Waals surface area contributed by atoms with E-state index in [1.807, 2.05) is 0 Å². The molecule has 0 saturated carbocycles. The highest BCUT2D eigenvalue weighted by atomic mass is 35.5. The summed E-state index contributed by atoms with van der Waals surface area (Å²) < 4.78 is 45.2. The molecule has 1 unspecified atom stereocenters. The van der Waals surface area contributed by atoms with Crippen molar-refractivity contribution in [2.45, 2.75) is 13.0 Å². The molecule has 0 aromatic heterocycles. The molecular formula is C27H22ClF2NO6. The van der Waals surface area contributed by atoms with Crippen molar-refractivity contribution < 1.29 is 37.7 Å². The highest BCUT2D eigenvalue weighted by Crippen LogP contribution is 2.45. The van der Waals surface area contributed by atoms with Crippen LogP contribution in [0.1, 0.15) is 24.1 Å². The molecule has 3 aromatic carbocycles. The number of nitrogens with zero attached hydrogens (tertiary/aromatic N) is 1. The number of rotatable bonds is 7. The predicted octanol–water partition coefficient (Wildman–Crippen LogP) is 5.66. The highest BCUT2D eigenvalue weighted by Gasteiger charge is 2.48. The van der Waals surface area contributed by atoms with Gasteiger partial charge in [-0.2, -0.15) is 0 Å². The van der Waals surface area contributed by atoms with Crippen LogP contribution in [0.3, 0.4) is 0 Å². The fraction of sp³-hybridized carbons (Fsp3) is 0.185. The number of carbonyl (C=O) groups is 2. The van der Waals surface area contributed by atoms with Gasteiger partial charge < -0.3 is 19.3 Å². The molecule has 10 heteroatoms. The van der Waals surface area contributed by atoms with Crippen LogP contribution in [0, 0.1) is 11.6 Å². The molecule has 4 rings (SSSR count). The number of ketones is 1. The summed E-state index contributed by atoms with van der Waals surface area (Å²) in [7, 11) is 2.85. The zero-order valence-electron chi connectivity index (χ0n) is 20.1. The second-order valence-electron chi connectivity index (χ2n) is 7.95. The van der Waals surface area contributed by atoms with Crippen LogP contribution in [-0.2, 0) is 9.59 Å². The van der Waals surface area contributed by atoms with Gasteiger partial charge in [0.25, 0.3) is 11.7 Å². The molecule has 1 atom stereocenters. The maximum absolute atomic E-state index is 14.9. The molecule has 7 nitrogen and oxygen atoms in total. The van der Waals surface area contributed by atoms with Crippen LogP contribution in [0.2, 0.25) is 5.02 Å². The molecule has 1 aliphatic heterocycles. The molecule has 1 fully saturated rings. The predicted molar refractivity (Wildman–Crippen MR) is 133 cm³/mol. The van der Waals surface area contributed by atoms with Gasteiger partial charge in [-0.1, -0.05) is 17.7 Å². The van der Waals surface area contributed by atoms with Gasteiger partial charge in [0.15, 0.2) is 11.5 Å². The molecule has 37 heavy (non-hydrogen) atoms. The van der Waals surface area contributed by atoms with Crippen molar-refractivity contribution in [1.29, 1.82) is 0 Å². The smallest absolute Gasteiger partial charge is 0.300 e. The van der Waals surface area contributed by atoms with Crippen molar-refractivity contribution in [3.8, 4) is 17.2 Å². The number of aliphatic hydroxyl groups is 1. The molecule has 192 valence electrons. The normalized spacial score (nSPS) is 16.7. The van der Waals surface area contributed by atoms with Crippen LogP contribution >= 0.6 is 11.6 Å². The van der Waals surface area contributed by atoms with Gasteiger partial charge in [-0.05, 0) is 55.0 Å². The zero-order chi connectivity index (χ0) is 26.9. The number of Topliss-reactive ketones (excluding diaryl/α,β-unsaturated/α-hetero) is 1. The number of halogens is 3. The molecule has 1 N–H and O–H groups in total. The molecule has 0 bridgehead atoms. The summed E-state index contributed by atoms with van der Waals surface area (Å²) in [5.41, 5.74) is -0.567. The van der Waals surface area contributed by atoms with Crippen molar-refractivity contribution >= 4 is 34.7 Å². The Kier molecular flexibility index (Phi) is 7.35. The summed E-state index contributed by atoms with van der Waals surface area (Å²) in [6, 6.07) is 10.2. The van der Waals surface area contributed by atoms with E-state index in [-0.39, 0.29) is 34.1 Å². The number of hydrogen-bond donors (Lipinski definition) is 1. The van der Waals surface area contributed by atoms with Crippen molar-refractivity contribution in [2.24, 2.45) is 0 Å². The maximum atomic E-state index is 14.9. The topological polar surface area (TPSA) is 85.3 Å². The van der Waals surface area contributed by atoms with Gasteiger partial charge in [-0.3, -0.25) is 14.5 Å². The lowest BCUT2D eigenvalue weighted by atomic mass is 9.94. The Morgan fingerprint density at radius 3 is 2.43 bits per heavy atom. The SMILES string of the molecule is CCOc1cc(C2/C(=C(\O)c3cc(OC)ccc3Cl)C(=O)C(=O)N2c2cc(F)ccc2F)ccc1OC. The first-order chi connectivity index (χ1) is 17.7. The Morgan fingerprint density at radius 2 is 1.76 bits per heavy atom. The van der Waals surface area contributed by atoms with Gasteiger partial charge in [0.1, 0.15) is 23.1 Å². The van der Waals surface area contributed by atoms with Crippen molar-refractivity contribution in [1.82, 2.24) is 0 Å². The minimum Gasteiger partial charge on any atom is -0.507 e. The van der Waals surface area contributed by atoms with Crippen LogP contribution < -0.4 is 19.1 Å². The third-order valence-electron chi connectivity index (χ3n) is 5.84. The number of carbonyl (C=O) groups excluding carboxylic acids is 2. The van der Waals surface area contributed by atoms with E-state index in [2.05, 4.69) is 0 Å². The van der Waals surface area contributed by atoms with Crippen molar-refractivity contribution in [3.05, 3.63) is 88.0 Å². The Labute approximate surface area is 216 Å². The number of hydrogen-bond acceptors (Lipinski definition) is 6. The largest absolute Gasteiger partial charge is 0.507 e. The van der Waals surface area contributed by atoms with Gasteiger partial charge in [-0.15, -0.1) is 0 Å². The molecule has 1 amide bonds. The van der Waals surface area contributed by atoms with Crippen molar-refractivity contribution in [3.63, 3.8) is 0 Å². The quantitative estimate of drug-likeness (QED) is 0.241.